The van der Waals surface area contributed by atoms with Crippen LogP contribution >= 0.6 is 0 Å². The molecule has 3 rings (SSSR count). The lowest BCUT2D eigenvalue weighted by Gasteiger charge is -2.01. The van der Waals surface area contributed by atoms with Gasteiger partial charge in [0.25, 0.3) is 5.69 Å². The van der Waals surface area contributed by atoms with Gasteiger partial charge in [0.05, 0.1) is 10.4 Å². The summed E-state index contributed by atoms with van der Waals surface area (Å²) < 4.78 is 0.775. The third-order valence-corrected chi connectivity index (χ3v) is 2.93. The molecule has 1 heterocycles. The third kappa shape index (κ3) is 1.81. The highest BCUT2D eigenvalue weighted by Crippen LogP contribution is 2.27. The maximum absolute atomic E-state index is 10.7. The fourth-order valence-electron chi connectivity index (χ4n) is 2.00. The first-order valence-corrected chi connectivity index (χ1v) is 5.72. The van der Waals surface area contributed by atoms with Gasteiger partial charge in [-0.15, -0.1) is 0 Å². The zero-order chi connectivity index (χ0) is 14.3. The molecule has 0 atom stereocenters. The standard InChI is InChI=1S/C13H9N3O4/c17-10-3-1-2-8(6-10)13-14-11-5-4-9(16(19)20)7-12(11)15(13)18/h1-7,17-18H. The summed E-state index contributed by atoms with van der Waals surface area (Å²) in [6.07, 6.45) is 0. The van der Waals surface area contributed by atoms with Gasteiger partial charge in [0.15, 0.2) is 5.82 Å². The first-order valence-electron chi connectivity index (χ1n) is 5.72. The molecule has 0 fully saturated rings. The smallest absolute Gasteiger partial charge is 0.271 e. The van der Waals surface area contributed by atoms with Crippen molar-refractivity contribution >= 4 is 16.7 Å². The number of nitro groups is 1. The lowest BCUT2D eigenvalue weighted by molar-refractivity contribution is -0.384. The molecular weight excluding hydrogens is 262 g/mol. The normalized spacial score (nSPS) is 10.8. The number of aromatic hydroxyl groups is 1. The van der Waals surface area contributed by atoms with Gasteiger partial charge in [0.1, 0.15) is 11.3 Å². The summed E-state index contributed by atoms with van der Waals surface area (Å²) in [5, 5.41) is 30.3. The highest BCUT2D eigenvalue weighted by molar-refractivity contribution is 5.82. The fourth-order valence-corrected chi connectivity index (χ4v) is 2.00. The Morgan fingerprint density at radius 2 is 2.00 bits per heavy atom. The minimum absolute atomic E-state index is 0.0422. The van der Waals surface area contributed by atoms with Gasteiger partial charge in [-0.1, -0.05) is 12.1 Å². The number of imidazole rings is 1. The number of nitrogens with zero attached hydrogens (tertiary/aromatic N) is 3. The third-order valence-electron chi connectivity index (χ3n) is 2.93. The number of hydrogen-bond acceptors (Lipinski definition) is 5. The molecule has 1 aromatic heterocycles. The first-order chi connectivity index (χ1) is 9.56. The predicted molar refractivity (Wildman–Crippen MR) is 70.7 cm³/mol. The van der Waals surface area contributed by atoms with Crippen molar-refractivity contribution in [3.8, 4) is 17.1 Å². The number of aromatic nitrogens is 2. The molecule has 7 heteroatoms. The number of non-ortho nitro benzene ring substituents is 1. The van der Waals surface area contributed by atoms with Gasteiger partial charge < -0.3 is 10.3 Å². The number of phenols is 1. The van der Waals surface area contributed by atoms with Gasteiger partial charge in [-0.3, -0.25) is 10.1 Å². The molecular formula is C13H9N3O4. The highest BCUT2D eigenvalue weighted by atomic mass is 16.6. The average Bonchev–Trinajstić information content (AvgIpc) is 2.76. The number of nitro benzene ring substituents is 1. The molecule has 3 aromatic rings. The maximum Gasteiger partial charge on any atom is 0.271 e. The second-order valence-corrected chi connectivity index (χ2v) is 4.23. The van der Waals surface area contributed by atoms with Crippen LogP contribution in [0.25, 0.3) is 22.4 Å². The Hall–Kier alpha value is -3.09. The van der Waals surface area contributed by atoms with Gasteiger partial charge in [-0.25, -0.2) is 4.98 Å². The van der Waals surface area contributed by atoms with Crippen LogP contribution in [-0.4, -0.2) is 25.0 Å². The van der Waals surface area contributed by atoms with E-state index in [1.165, 1.54) is 30.3 Å². The minimum atomic E-state index is -0.541. The summed E-state index contributed by atoms with van der Waals surface area (Å²) in [6, 6.07) is 10.3. The molecule has 0 bridgehead atoms. The van der Waals surface area contributed by atoms with Gasteiger partial charge in [0, 0.05) is 17.7 Å². The topological polar surface area (TPSA) is 101 Å². The molecule has 0 aliphatic carbocycles. The van der Waals surface area contributed by atoms with Gasteiger partial charge in [0.2, 0.25) is 0 Å². The second kappa shape index (κ2) is 4.23. The van der Waals surface area contributed by atoms with E-state index >= 15 is 0 Å². The molecule has 100 valence electrons. The van der Waals surface area contributed by atoms with Crippen molar-refractivity contribution in [2.75, 3.05) is 0 Å². The van der Waals surface area contributed by atoms with E-state index in [-0.39, 0.29) is 22.8 Å². The van der Waals surface area contributed by atoms with E-state index in [1.807, 2.05) is 0 Å². The number of hydrogen-bond donors (Lipinski definition) is 2. The molecule has 20 heavy (non-hydrogen) atoms. The molecule has 2 aromatic carbocycles. The predicted octanol–water partition coefficient (Wildman–Crippen LogP) is 2.55. The number of phenolic OH excluding ortho intramolecular Hbond substituents is 1. The number of rotatable bonds is 2. The fraction of sp³-hybridized carbons (Fsp3) is 0. The van der Waals surface area contributed by atoms with Crippen molar-refractivity contribution in [2.24, 2.45) is 0 Å². The Labute approximate surface area is 112 Å². The van der Waals surface area contributed by atoms with Crippen LogP contribution in [0.3, 0.4) is 0 Å². The largest absolute Gasteiger partial charge is 0.508 e. The number of fused-ring (bicyclic) bond motifs is 1. The van der Waals surface area contributed by atoms with E-state index in [9.17, 15) is 20.4 Å². The Morgan fingerprint density at radius 1 is 1.20 bits per heavy atom. The maximum atomic E-state index is 10.7. The molecule has 0 amide bonds. The van der Waals surface area contributed by atoms with E-state index in [0.29, 0.717) is 11.1 Å². The quantitative estimate of drug-likeness (QED) is 0.423. The molecule has 0 saturated carbocycles. The van der Waals surface area contributed by atoms with E-state index < -0.39 is 4.92 Å². The second-order valence-electron chi connectivity index (χ2n) is 4.23. The summed E-state index contributed by atoms with van der Waals surface area (Å²) in [6.45, 7) is 0. The van der Waals surface area contributed by atoms with Gasteiger partial charge in [-0.05, 0) is 18.2 Å². The summed E-state index contributed by atoms with van der Waals surface area (Å²) in [4.78, 5) is 14.4. The summed E-state index contributed by atoms with van der Waals surface area (Å²) >= 11 is 0. The molecule has 0 spiro atoms. The van der Waals surface area contributed by atoms with Crippen LogP contribution in [0, 0.1) is 10.1 Å². The zero-order valence-electron chi connectivity index (χ0n) is 10.1. The summed E-state index contributed by atoms with van der Waals surface area (Å²) in [5.41, 5.74) is 1.04. The van der Waals surface area contributed by atoms with Gasteiger partial charge >= 0.3 is 0 Å². The monoisotopic (exact) mass is 271 g/mol. The zero-order valence-corrected chi connectivity index (χ0v) is 10.1. The Kier molecular flexibility index (Phi) is 2.53. The molecule has 7 nitrogen and oxygen atoms in total. The van der Waals surface area contributed by atoms with Crippen molar-refractivity contribution in [3.05, 3.63) is 52.6 Å². The van der Waals surface area contributed by atoms with Crippen LogP contribution in [0.5, 0.6) is 5.75 Å². The van der Waals surface area contributed by atoms with Crippen LogP contribution in [0.1, 0.15) is 0 Å². The van der Waals surface area contributed by atoms with Crippen molar-refractivity contribution in [2.45, 2.75) is 0 Å². The summed E-state index contributed by atoms with van der Waals surface area (Å²) in [5.74, 6) is 0.247. The van der Waals surface area contributed by atoms with E-state index in [1.54, 1.807) is 12.1 Å². The molecule has 2 N–H and O–H groups in total. The SMILES string of the molecule is O=[N+]([O-])c1ccc2nc(-c3cccc(O)c3)n(O)c2c1. The minimum Gasteiger partial charge on any atom is -0.508 e. The van der Waals surface area contributed by atoms with Crippen LogP contribution < -0.4 is 0 Å². The number of benzene rings is 2. The van der Waals surface area contributed by atoms with E-state index in [0.717, 1.165) is 4.73 Å². The van der Waals surface area contributed by atoms with Crippen LogP contribution in [-0.2, 0) is 0 Å². The highest BCUT2D eigenvalue weighted by Gasteiger charge is 2.15. The first kappa shape index (κ1) is 12.0. The van der Waals surface area contributed by atoms with Gasteiger partial charge in [-0.2, -0.15) is 4.73 Å². The van der Waals surface area contributed by atoms with Crippen molar-refractivity contribution in [1.29, 1.82) is 0 Å². The van der Waals surface area contributed by atoms with Crippen molar-refractivity contribution in [1.82, 2.24) is 9.71 Å². The molecule has 0 aliphatic rings. The summed E-state index contributed by atoms with van der Waals surface area (Å²) in [7, 11) is 0. The van der Waals surface area contributed by atoms with Crippen LogP contribution in [0.2, 0.25) is 0 Å². The van der Waals surface area contributed by atoms with Crippen LogP contribution in [0.4, 0.5) is 5.69 Å². The molecule has 0 aliphatic heterocycles. The van der Waals surface area contributed by atoms with E-state index in [2.05, 4.69) is 4.98 Å². The lowest BCUT2D eigenvalue weighted by Crippen LogP contribution is -1.94. The van der Waals surface area contributed by atoms with Crippen molar-refractivity contribution < 1.29 is 15.2 Å². The van der Waals surface area contributed by atoms with E-state index in [4.69, 9.17) is 0 Å². The average molecular weight is 271 g/mol. The molecule has 0 radical (unpaired) electrons. The Balaban J connectivity index is 2.23. The lowest BCUT2D eigenvalue weighted by atomic mass is 10.2. The molecule has 0 unspecified atom stereocenters. The van der Waals surface area contributed by atoms with Crippen molar-refractivity contribution in [3.63, 3.8) is 0 Å². The molecule has 0 saturated heterocycles. The Bertz CT molecular complexity index is 826. The van der Waals surface area contributed by atoms with Crippen LogP contribution in [0.15, 0.2) is 42.5 Å². The Morgan fingerprint density at radius 3 is 2.70 bits per heavy atom.